The van der Waals surface area contributed by atoms with Gasteiger partial charge in [0.2, 0.25) is 0 Å². The van der Waals surface area contributed by atoms with Crippen molar-refractivity contribution in [1.82, 2.24) is 0 Å². The van der Waals surface area contributed by atoms with Gasteiger partial charge in [0.15, 0.2) is 0 Å². The predicted octanol–water partition coefficient (Wildman–Crippen LogP) is 5.26. The number of rotatable bonds is 5. The second-order valence-electron chi connectivity index (χ2n) is 5.57. The summed E-state index contributed by atoms with van der Waals surface area (Å²) in [5.41, 5.74) is 9.00. The van der Waals surface area contributed by atoms with Crippen LogP contribution >= 0.6 is 0 Å². The minimum atomic E-state index is 0.269. The summed E-state index contributed by atoms with van der Waals surface area (Å²) in [6.45, 7) is 2.15. The van der Waals surface area contributed by atoms with Crippen LogP contribution in [0, 0.1) is 0 Å². The van der Waals surface area contributed by atoms with Crippen LogP contribution in [0.15, 0.2) is 83.6 Å². The molecule has 2 nitrogen and oxygen atoms in total. The van der Waals surface area contributed by atoms with E-state index in [0.717, 1.165) is 34.4 Å². The van der Waals surface area contributed by atoms with Crippen LogP contribution in [-0.2, 0) is 0 Å². The minimum absolute atomic E-state index is 0.269. The van der Waals surface area contributed by atoms with E-state index in [1.165, 1.54) is 5.57 Å². The Hall–Kier alpha value is -2.96. The molecule has 0 radical (unpaired) electrons. The Balaban J connectivity index is 2.21. The van der Waals surface area contributed by atoms with Crippen molar-refractivity contribution in [1.29, 1.82) is 0 Å². The zero-order valence-electron chi connectivity index (χ0n) is 13.9. The van der Waals surface area contributed by atoms with Crippen LogP contribution < -0.4 is 4.74 Å². The molecule has 0 heterocycles. The van der Waals surface area contributed by atoms with Crippen LogP contribution in [0.3, 0.4) is 0 Å². The molecule has 0 saturated carbocycles. The molecule has 2 heteroatoms. The second kappa shape index (κ2) is 7.08. The molecule has 120 valence electrons. The van der Waals surface area contributed by atoms with Crippen LogP contribution in [0.2, 0.25) is 0 Å². The highest BCUT2D eigenvalue weighted by Gasteiger charge is 2.14. The Morgan fingerprint density at radius 3 is 2.12 bits per heavy atom. The van der Waals surface area contributed by atoms with Gasteiger partial charge >= 0.3 is 0 Å². The van der Waals surface area contributed by atoms with Gasteiger partial charge in [0.25, 0.3) is 0 Å². The molecule has 0 unspecified atom stereocenters. The number of methoxy groups -OCH3 is 1. The maximum Gasteiger partial charge on any atom is 0.118 e. The summed E-state index contributed by atoms with van der Waals surface area (Å²) in [5.74, 6) is 1.10. The average Bonchev–Trinajstić information content (AvgIpc) is 3.15. The van der Waals surface area contributed by atoms with Crippen molar-refractivity contribution >= 4 is 5.57 Å². The zero-order chi connectivity index (χ0) is 16.9. The monoisotopic (exact) mass is 316 g/mol. The quantitative estimate of drug-likeness (QED) is 0.762. The van der Waals surface area contributed by atoms with Crippen molar-refractivity contribution in [3.05, 3.63) is 94.8 Å². The third-order valence-corrected chi connectivity index (χ3v) is 4.11. The minimum Gasteiger partial charge on any atom is -0.508 e. The van der Waals surface area contributed by atoms with Gasteiger partial charge in [0, 0.05) is 5.57 Å². The first kappa shape index (κ1) is 15.9. The number of phenolic OH excluding ortho intramolecular Hbond substituents is 1. The molecule has 2 aromatic rings. The molecule has 3 rings (SSSR count). The molecule has 0 saturated heterocycles. The summed E-state index contributed by atoms with van der Waals surface area (Å²) < 4.78 is 5.27. The Kier molecular flexibility index (Phi) is 4.69. The molecule has 24 heavy (non-hydrogen) atoms. The highest BCUT2D eigenvalue weighted by Crippen LogP contribution is 2.34. The molecule has 2 aromatic carbocycles. The van der Waals surface area contributed by atoms with E-state index in [1.807, 2.05) is 36.4 Å². The first-order valence-corrected chi connectivity index (χ1v) is 8.03. The summed E-state index contributed by atoms with van der Waals surface area (Å²) >= 11 is 0. The van der Waals surface area contributed by atoms with Gasteiger partial charge in [0.05, 0.1) is 7.11 Å². The molecule has 1 aliphatic rings. The first-order valence-electron chi connectivity index (χ1n) is 8.03. The van der Waals surface area contributed by atoms with E-state index in [1.54, 1.807) is 19.2 Å². The number of hydrogen-bond acceptors (Lipinski definition) is 2. The highest BCUT2D eigenvalue weighted by molar-refractivity contribution is 5.85. The van der Waals surface area contributed by atoms with Crippen LogP contribution in [0.4, 0.5) is 0 Å². The van der Waals surface area contributed by atoms with E-state index >= 15 is 0 Å². The van der Waals surface area contributed by atoms with Gasteiger partial charge in [-0.3, -0.25) is 0 Å². The van der Waals surface area contributed by atoms with Gasteiger partial charge in [0.1, 0.15) is 11.5 Å². The smallest absolute Gasteiger partial charge is 0.118 e. The van der Waals surface area contributed by atoms with Crippen LogP contribution in [0.1, 0.15) is 24.5 Å². The van der Waals surface area contributed by atoms with E-state index in [9.17, 15) is 5.11 Å². The van der Waals surface area contributed by atoms with Crippen molar-refractivity contribution in [2.24, 2.45) is 0 Å². The third kappa shape index (κ3) is 3.19. The lowest BCUT2D eigenvalue weighted by Gasteiger charge is -2.16. The van der Waals surface area contributed by atoms with Crippen LogP contribution in [0.25, 0.3) is 5.57 Å². The summed E-state index contributed by atoms with van der Waals surface area (Å²) in [4.78, 5) is 0. The average molecular weight is 316 g/mol. The van der Waals surface area contributed by atoms with Crippen molar-refractivity contribution < 1.29 is 9.84 Å². The first-order chi connectivity index (χ1) is 11.7. The van der Waals surface area contributed by atoms with E-state index in [0.29, 0.717) is 0 Å². The van der Waals surface area contributed by atoms with Crippen molar-refractivity contribution in [3.63, 3.8) is 0 Å². The standard InChI is InChI=1S/C22H20O2/c1-3-21(16-6-4-5-7-16)22(17-8-12-19(23)13-9-17)18-10-14-20(24-2)15-11-18/h4-6,8-15,23H,3H2,1-2H3/b22-21-. The molecule has 0 atom stereocenters. The van der Waals surface area contributed by atoms with Gasteiger partial charge in [-0.25, -0.2) is 0 Å². The van der Waals surface area contributed by atoms with Gasteiger partial charge in [-0.1, -0.05) is 37.3 Å². The Morgan fingerprint density at radius 1 is 1.00 bits per heavy atom. The molecule has 1 N–H and O–H groups in total. The molecular formula is C22H20O2. The lowest BCUT2D eigenvalue weighted by Crippen LogP contribution is -1.96. The molecule has 0 aliphatic heterocycles. The van der Waals surface area contributed by atoms with Crippen LogP contribution in [-0.4, -0.2) is 12.2 Å². The van der Waals surface area contributed by atoms with Crippen molar-refractivity contribution in [3.8, 4) is 11.5 Å². The second-order valence-corrected chi connectivity index (χ2v) is 5.57. The Morgan fingerprint density at radius 2 is 1.62 bits per heavy atom. The summed E-state index contributed by atoms with van der Waals surface area (Å²) in [5, 5.41) is 9.62. The molecule has 0 amide bonds. The Bertz CT molecular complexity index is 844. The molecule has 1 aliphatic carbocycles. The van der Waals surface area contributed by atoms with E-state index in [-0.39, 0.29) is 5.75 Å². The van der Waals surface area contributed by atoms with E-state index < -0.39 is 0 Å². The number of allylic oxidation sites excluding steroid dienone is 4. The molecule has 0 fully saturated rings. The largest absolute Gasteiger partial charge is 0.508 e. The molecule has 0 spiro atoms. The van der Waals surface area contributed by atoms with E-state index in [4.69, 9.17) is 4.74 Å². The highest BCUT2D eigenvalue weighted by atomic mass is 16.5. The fourth-order valence-corrected chi connectivity index (χ4v) is 2.92. The Labute approximate surface area is 142 Å². The lowest BCUT2D eigenvalue weighted by atomic mass is 9.88. The summed E-state index contributed by atoms with van der Waals surface area (Å²) in [7, 11) is 1.67. The number of aromatic hydroxyl groups is 1. The zero-order valence-corrected chi connectivity index (χ0v) is 13.9. The van der Waals surface area contributed by atoms with Gasteiger partial charge < -0.3 is 9.84 Å². The predicted molar refractivity (Wildman–Crippen MR) is 98.1 cm³/mol. The van der Waals surface area contributed by atoms with Crippen molar-refractivity contribution in [2.75, 3.05) is 7.11 Å². The fraction of sp³-hybridized carbons (Fsp3) is 0.136. The molecule has 0 aromatic heterocycles. The topological polar surface area (TPSA) is 29.5 Å². The lowest BCUT2D eigenvalue weighted by molar-refractivity contribution is 0.415. The summed E-state index contributed by atoms with van der Waals surface area (Å²) in [6, 6.07) is 15.4. The van der Waals surface area contributed by atoms with Gasteiger partial charge in [-0.05, 0) is 65.1 Å². The van der Waals surface area contributed by atoms with Crippen LogP contribution in [0.5, 0.6) is 11.5 Å². The van der Waals surface area contributed by atoms with Gasteiger partial charge in [-0.2, -0.15) is 0 Å². The van der Waals surface area contributed by atoms with Crippen molar-refractivity contribution in [2.45, 2.75) is 13.3 Å². The maximum absolute atomic E-state index is 9.62. The maximum atomic E-state index is 9.62. The molecule has 0 bridgehead atoms. The SMILES string of the molecule is CC/C(C1=C=CC=C1)=C(\c1ccc(O)cc1)c1ccc(OC)cc1. The number of ether oxygens (including phenoxy) is 1. The number of benzene rings is 2. The number of phenols is 1. The van der Waals surface area contributed by atoms with E-state index in [2.05, 4.69) is 30.9 Å². The number of hydrogen-bond donors (Lipinski definition) is 1. The normalized spacial score (nSPS) is 13.7. The van der Waals surface area contributed by atoms with Gasteiger partial charge in [-0.15, -0.1) is 5.73 Å². The molecular weight excluding hydrogens is 296 g/mol. The summed E-state index contributed by atoms with van der Waals surface area (Å²) in [6.07, 6.45) is 6.92. The fourth-order valence-electron chi connectivity index (χ4n) is 2.92. The third-order valence-electron chi connectivity index (χ3n) is 4.11.